The van der Waals surface area contributed by atoms with Gasteiger partial charge in [-0.2, -0.15) is 0 Å². The van der Waals surface area contributed by atoms with Crippen molar-refractivity contribution in [2.45, 2.75) is 91.4 Å². The molecule has 24 heavy (non-hydrogen) atoms. The van der Waals surface area contributed by atoms with E-state index in [1.54, 1.807) is 0 Å². The predicted octanol–water partition coefficient (Wildman–Crippen LogP) is 6.77. The van der Waals surface area contributed by atoms with E-state index < -0.39 is 11.4 Å². The van der Waals surface area contributed by atoms with Crippen molar-refractivity contribution >= 4 is 5.97 Å². The van der Waals surface area contributed by atoms with E-state index in [2.05, 4.69) is 31.2 Å². The SMILES string of the molecule is CCCCCCC=C[C@H]1CCC[C@@H]1CC=CCCC(C)(C)C(=O)O. The van der Waals surface area contributed by atoms with Crippen molar-refractivity contribution in [2.24, 2.45) is 17.3 Å². The van der Waals surface area contributed by atoms with Crippen LogP contribution in [0.15, 0.2) is 24.3 Å². The van der Waals surface area contributed by atoms with Gasteiger partial charge < -0.3 is 5.11 Å². The average molecular weight is 335 g/mol. The van der Waals surface area contributed by atoms with Crippen LogP contribution in [0.1, 0.15) is 91.4 Å². The minimum Gasteiger partial charge on any atom is -0.481 e. The molecule has 0 aromatic carbocycles. The topological polar surface area (TPSA) is 37.3 Å². The highest BCUT2D eigenvalue weighted by molar-refractivity contribution is 5.73. The van der Waals surface area contributed by atoms with Gasteiger partial charge in [0.15, 0.2) is 0 Å². The van der Waals surface area contributed by atoms with Gasteiger partial charge in [0.1, 0.15) is 0 Å². The van der Waals surface area contributed by atoms with Crippen LogP contribution in [0.4, 0.5) is 0 Å². The van der Waals surface area contributed by atoms with E-state index in [-0.39, 0.29) is 0 Å². The van der Waals surface area contributed by atoms with Crippen LogP contribution in [0.25, 0.3) is 0 Å². The molecule has 0 aromatic rings. The second kappa shape index (κ2) is 11.5. The predicted molar refractivity (Wildman–Crippen MR) is 103 cm³/mol. The van der Waals surface area contributed by atoms with E-state index in [4.69, 9.17) is 5.11 Å². The number of carboxylic acids is 1. The van der Waals surface area contributed by atoms with Gasteiger partial charge in [0.2, 0.25) is 0 Å². The molecule has 138 valence electrons. The maximum atomic E-state index is 11.1. The zero-order valence-electron chi connectivity index (χ0n) is 16.1. The summed E-state index contributed by atoms with van der Waals surface area (Å²) in [5.74, 6) is 0.854. The van der Waals surface area contributed by atoms with Crippen molar-refractivity contribution in [3.05, 3.63) is 24.3 Å². The Morgan fingerprint density at radius 3 is 2.58 bits per heavy atom. The first-order valence-corrected chi connectivity index (χ1v) is 10.0. The Hall–Kier alpha value is -1.05. The highest BCUT2D eigenvalue weighted by Crippen LogP contribution is 2.35. The molecule has 1 aliphatic rings. The summed E-state index contributed by atoms with van der Waals surface area (Å²) >= 11 is 0. The molecule has 0 heterocycles. The van der Waals surface area contributed by atoms with Gasteiger partial charge in [0.25, 0.3) is 0 Å². The third kappa shape index (κ3) is 8.17. The van der Waals surface area contributed by atoms with Crippen LogP contribution >= 0.6 is 0 Å². The number of carbonyl (C=O) groups is 1. The normalized spacial score (nSPS) is 22.0. The van der Waals surface area contributed by atoms with Crippen LogP contribution in [0, 0.1) is 17.3 Å². The third-order valence-electron chi connectivity index (χ3n) is 5.45. The fourth-order valence-corrected chi connectivity index (χ4v) is 3.51. The smallest absolute Gasteiger partial charge is 0.309 e. The molecule has 1 aliphatic carbocycles. The Balaban J connectivity index is 2.24. The highest BCUT2D eigenvalue weighted by Gasteiger charge is 2.26. The molecule has 1 N–H and O–H groups in total. The van der Waals surface area contributed by atoms with Gasteiger partial charge in [-0.05, 0) is 70.6 Å². The van der Waals surface area contributed by atoms with E-state index in [9.17, 15) is 4.79 Å². The van der Waals surface area contributed by atoms with E-state index in [0.717, 1.165) is 24.7 Å². The number of hydrogen-bond donors (Lipinski definition) is 1. The zero-order valence-corrected chi connectivity index (χ0v) is 16.1. The number of rotatable bonds is 12. The van der Waals surface area contributed by atoms with E-state index >= 15 is 0 Å². The van der Waals surface area contributed by atoms with E-state index in [0.29, 0.717) is 6.42 Å². The fourth-order valence-electron chi connectivity index (χ4n) is 3.51. The van der Waals surface area contributed by atoms with Crippen LogP contribution in [-0.4, -0.2) is 11.1 Å². The van der Waals surface area contributed by atoms with Gasteiger partial charge in [-0.15, -0.1) is 0 Å². The Bertz CT molecular complexity index is 406. The summed E-state index contributed by atoms with van der Waals surface area (Å²) in [7, 11) is 0. The standard InChI is InChI=1S/C22H38O2/c1-4-5-6-7-8-10-14-19-16-13-17-20(19)15-11-9-12-18-22(2,3)21(23)24/h9-11,14,19-20H,4-8,12-13,15-18H2,1-3H3,(H,23,24)/t19-,20-/m0/s1. The molecular formula is C22H38O2. The highest BCUT2D eigenvalue weighted by atomic mass is 16.4. The number of aliphatic carboxylic acids is 1. The van der Waals surface area contributed by atoms with Crippen LogP contribution in [0.3, 0.4) is 0 Å². The molecular weight excluding hydrogens is 296 g/mol. The lowest BCUT2D eigenvalue weighted by molar-refractivity contribution is -0.147. The maximum absolute atomic E-state index is 11.1. The van der Waals surface area contributed by atoms with Crippen LogP contribution < -0.4 is 0 Å². The minimum atomic E-state index is -0.698. The molecule has 0 radical (unpaired) electrons. The summed E-state index contributed by atoms with van der Waals surface area (Å²) in [6.07, 6.45) is 22.8. The summed E-state index contributed by atoms with van der Waals surface area (Å²) in [6, 6.07) is 0. The average Bonchev–Trinajstić information content (AvgIpc) is 2.97. The minimum absolute atomic E-state index is 0.610. The molecule has 1 saturated carbocycles. The monoisotopic (exact) mass is 334 g/mol. The summed E-state index contributed by atoms with van der Waals surface area (Å²) in [5.41, 5.74) is -0.610. The molecule has 0 aromatic heterocycles. The van der Waals surface area contributed by atoms with E-state index in [1.165, 1.54) is 51.4 Å². The van der Waals surface area contributed by atoms with Gasteiger partial charge >= 0.3 is 5.97 Å². The first-order chi connectivity index (χ1) is 11.5. The molecule has 1 rings (SSSR count). The number of carboxylic acid groups (broad SMARTS) is 1. The Morgan fingerprint density at radius 2 is 1.88 bits per heavy atom. The molecule has 0 bridgehead atoms. The Labute approximate surface area is 149 Å². The fraction of sp³-hybridized carbons (Fsp3) is 0.773. The second-order valence-corrected chi connectivity index (χ2v) is 8.07. The summed E-state index contributed by atoms with van der Waals surface area (Å²) < 4.78 is 0. The van der Waals surface area contributed by atoms with Gasteiger partial charge in [-0.3, -0.25) is 4.79 Å². The molecule has 2 atom stereocenters. The third-order valence-corrected chi connectivity index (χ3v) is 5.45. The van der Waals surface area contributed by atoms with Crippen molar-refractivity contribution in [3.63, 3.8) is 0 Å². The van der Waals surface area contributed by atoms with Crippen LogP contribution in [0.2, 0.25) is 0 Å². The van der Waals surface area contributed by atoms with Crippen molar-refractivity contribution in [3.8, 4) is 0 Å². The summed E-state index contributed by atoms with van der Waals surface area (Å²) in [5, 5.41) is 9.12. The van der Waals surface area contributed by atoms with Crippen molar-refractivity contribution < 1.29 is 9.90 Å². The van der Waals surface area contributed by atoms with Gasteiger partial charge in [-0.25, -0.2) is 0 Å². The molecule has 0 saturated heterocycles. The number of unbranched alkanes of at least 4 members (excludes halogenated alkanes) is 4. The largest absolute Gasteiger partial charge is 0.481 e. The lowest BCUT2D eigenvalue weighted by Crippen LogP contribution is -2.23. The molecule has 0 aliphatic heterocycles. The van der Waals surface area contributed by atoms with Gasteiger partial charge in [0, 0.05) is 0 Å². The van der Waals surface area contributed by atoms with E-state index in [1.807, 2.05) is 13.8 Å². The summed E-state index contributed by atoms with van der Waals surface area (Å²) in [6.45, 7) is 5.87. The molecule has 2 heteroatoms. The van der Waals surface area contributed by atoms with Crippen molar-refractivity contribution in [1.29, 1.82) is 0 Å². The first-order valence-electron chi connectivity index (χ1n) is 10.0. The molecule has 0 spiro atoms. The second-order valence-electron chi connectivity index (χ2n) is 8.07. The van der Waals surface area contributed by atoms with Crippen LogP contribution in [0.5, 0.6) is 0 Å². The molecule has 0 unspecified atom stereocenters. The summed E-state index contributed by atoms with van der Waals surface area (Å²) in [4.78, 5) is 11.1. The quantitative estimate of drug-likeness (QED) is 0.316. The lowest BCUT2D eigenvalue weighted by Gasteiger charge is -2.17. The van der Waals surface area contributed by atoms with Crippen molar-refractivity contribution in [1.82, 2.24) is 0 Å². The first kappa shape index (κ1) is 21.0. The van der Waals surface area contributed by atoms with Crippen LogP contribution in [-0.2, 0) is 4.79 Å². The Kier molecular flexibility index (Phi) is 10.1. The molecule has 1 fully saturated rings. The molecule has 0 amide bonds. The maximum Gasteiger partial charge on any atom is 0.309 e. The Morgan fingerprint density at radius 1 is 1.08 bits per heavy atom. The lowest BCUT2D eigenvalue weighted by atomic mass is 9.87. The zero-order chi connectivity index (χ0) is 17.8. The van der Waals surface area contributed by atoms with Gasteiger partial charge in [0.05, 0.1) is 5.41 Å². The molecule has 2 nitrogen and oxygen atoms in total. The number of allylic oxidation sites excluding steroid dienone is 4. The van der Waals surface area contributed by atoms with Gasteiger partial charge in [-0.1, -0.05) is 56.9 Å². The van der Waals surface area contributed by atoms with Crippen molar-refractivity contribution in [2.75, 3.05) is 0 Å². The number of hydrogen-bond acceptors (Lipinski definition) is 1.